The summed E-state index contributed by atoms with van der Waals surface area (Å²) in [6.45, 7) is 6.34. The Bertz CT molecular complexity index is 843. The lowest BCUT2D eigenvalue weighted by molar-refractivity contribution is -0.578. The Kier molecular flexibility index (Phi) is 5.25. The Morgan fingerprint density at radius 3 is 2.63 bits per heavy atom. The lowest BCUT2D eigenvalue weighted by Crippen LogP contribution is -2.70. The summed E-state index contributed by atoms with van der Waals surface area (Å²) in [7, 11) is 0. The van der Waals surface area contributed by atoms with Crippen molar-refractivity contribution in [1.29, 1.82) is 5.26 Å². The van der Waals surface area contributed by atoms with Crippen LogP contribution in [0.25, 0.3) is 0 Å². The van der Waals surface area contributed by atoms with E-state index in [1.165, 1.54) is 0 Å². The monoisotopic (exact) mass is 477 g/mol. The quantitative estimate of drug-likeness (QED) is 0.554. The van der Waals surface area contributed by atoms with Gasteiger partial charge in [0.05, 0.1) is 6.07 Å². The van der Waals surface area contributed by atoms with E-state index in [2.05, 4.69) is 35.8 Å². The maximum Gasteiger partial charge on any atom is 0.201 e. The predicted octanol–water partition coefficient (Wildman–Crippen LogP) is 5.24. The van der Waals surface area contributed by atoms with Crippen molar-refractivity contribution >= 4 is 15.9 Å². The normalized spacial score (nSPS) is 45.8. The molecule has 0 N–H and O–H groups in total. The molecule has 1 aliphatic carbocycles. The minimum absolute atomic E-state index is 0.0391. The van der Waals surface area contributed by atoms with Crippen LogP contribution in [0.3, 0.4) is 0 Å². The fourth-order valence-corrected chi connectivity index (χ4v) is 6.25. The first-order valence-electron chi connectivity index (χ1n) is 10.9. The van der Waals surface area contributed by atoms with Gasteiger partial charge in [0.1, 0.15) is 0 Å². The van der Waals surface area contributed by atoms with Crippen molar-refractivity contribution in [2.45, 2.75) is 76.5 Å². The Labute approximate surface area is 185 Å². The Hall–Kier alpha value is -1.01. The van der Waals surface area contributed by atoms with Gasteiger partial charge >= 0.3 is 0 Å². The van der Waals surface area contributed by atoms with Gasteiger partial charge in [-0.1, -0.05) is 41.9 Å². The summed E-state index contributed by atoms with van der Waals surface area (Å²) in [6.07, 6.45) is 2.06. The summed E-state index contributed by atoms with van der Waals surface area (Å²) in [5.41, 5.74) is 0.189. The van der Waals surface area contributed by atoms with Gasteiger partial charge < -0.3 is 14.2 Å². The minimum atomic E-state index is -0.816. The van der Waals surface area contributed by atoms with Gasteiger partial charge in [-0.2, -0.15) is 5.26 Å². The van der Waals surface area contributed by atoms with E-state index in [4.69, 9.17) is 24.0 Å². The molecule has 5 fully saturated rings. The second kappa shape index (κ2) is 7.54. The van der Waals surface area contributed by atoms with Gasteiger partial charge in [0.2, 0.25) is 5.79 Å². The summed E-state index contributed by atoms with van der Waals surface area (Å²) in [5, 5.41) is 9.78. The third-order valence-electron chi connectivity index (χ3n) is 7.66. The van der Waals surface area contributed by atoms with Gasteiger partial charge in [-0.15, -0.1) is 0 Å². The number of nitrogens with zero attached hydrogens (tertiary/aromatic N) is 1. The van der Waals surface area contributed by atoms with Gasteiger partial charge in [-0.25, -0.2) is 9.78 Å². The molecule has 4 saturated heterocycles. The van der Waals surface area contributed by atoms with Crippen LogP contribution in [-0.4, -0.2) is 24.0 Å². The Balaban J connectivity index is 1.45. The number of benzene rings is 1. The molecule has 30 heavy (non-hydrogen) atoms. The molecule has 2 unspecified atom stereocenters. The number of hydrogen-bond donors (Lipinski definition) is 0. The van der Waals surface area contributed by atoms with Crippen molar-refractivity contribution in [2.24, 2.45) is 23.7 Å². The molecule has 1 saturated carbocycles. The average Bonchev–Trinajstić information content (AvgIpc) is 2.96. The molecule has 6 nitrogen and oxygen atoms in total. The summed E-state index contributed by atoms with van der Waals surface area (Å²) in [5.74, 6) is 0.223. The zero-order chi connectivity index (χ0) is 21.1. The van der Waals surface area contributed by atoms with Crippen molar-refractivity contribution in [3.05, 3.63) is 34.3 Å². The second-order valence-corrected chi connectivity index (χ2v) is 10.4. The fraction of sp³-hybridized carbons (Fsp3) is 0.696. The molecular formula is C23H28BrNO5. The van der Waals surface area contributed by atoms with Crippen LogP contribution >= 0.6 is 15.9 Å². The molecule has 0 amide bonds. The van der Waals surface area contributed by atoms with E-state index in [9.17, 15) is 5.26 Å². The van der Waals surface area contributed by atoms with Crippen LogP contribution in [0.4, 0.5) is 0 Å². The zero-order valence-electron chi connectivity index (χ0n) is 17.5. The van der Waals surface area contributed by atoms with E-state index in [1.807, 2.05) is 31.2 Å². The standard InChI is InChI=1S/C23H28BrNO5/c1-13-4-9-18-14(2)20(26-19(12-25)15-5-7-16(24)8-6-15)27-21-23(18)17(13)10-11-22(3,28-21)29-30-23/h5-8,13-14,17-21H,4,9-11H2,1-3H3/t13-,14-,17?,18?,19-,20+,21-,22+,23-/m1/s1. The average molecular weight is 478 g/mol. The third kappa shape index (κ3) is 3.16. The molecule has 4 heterocycles. The highest BCUT2D eigenvalue weighted by atomic mass is 79.9. The van der Waals surface area contributed by atoms with Crippen LogP contribution in [0.5, 0.6) is 0 Å². The van der Waals surface area contributed by atoms with Crippen LogP contribution in [0.15, 0.2) is 28.7 Å². The molecule has 1 spiro atoms. The summed E-state index contributed by atoms with van der Waals surface area (Å²) in [4.78, 5) is 12.0. The summed E-state index contributed by atoms with van der Waals surface area (Å²) < 4.78 is 20.0. The number of ether oxygens (including phenoxy) is 3. The lowest BCUT2D eigenvalue weighted by Gasteiger charge is -2.60. The number of fused-ring (bicyclic) bond motifs is 2. The zero-order valence-corrected chi connectivity index (χ0v) is 19.1. The van der Waals surface area contributed by atoms with Gasteiger partial charge in [-0.05, 0) is 55.7 Å². The fourth-order valence-electron chi connectivity index (χ4n) is 5.98. The second-order valence-electron chi connectivity index (χ2n) is 9.47. The van der Waals surface area contributed by atoms with Crippen molar-refractivity contribution in [1.82, 2.24) is 0 Å². The maximum atomic E-state index is 9.78. The molecule has 162 valence electrons. The maximum absolute atomic E-state index is 9.78. The number of rotatable bonds is 3. The van der Waals surface area contributed by atoms with Crippen LogP contribution in [-0.2, 0) is 24.0 Å². The van der Waals surface area contributed by atoms with E-state index in [0.29, 0.717) is 11.8 Å². The molecule has 4 aliphatic heterocycles. The van der Waals surface area contributed by atoms with Gasteiger partial charge in [-0.3, -0.25) is 0 Å². The molecule has 2 bridgehead atoms. The lowest BCUT2D eigenvalue weighted by atomic mass is 9.58. The van der Waals surface area contributed by atoms with Crippen molar-refractivity contribution in [3.63, 3.8) is 0 Å². The molecule has 1 aromatic carbocycles. The highest BCUT2D eigenvalue weighted by molar-refractivity contribution is 9.10. The SMILES string of the molecule is C[C@@H]1CCC2[C@@H](C)[C@@H](O[C@H](C#N)c3ccc(Br)cc3)O[C@@H]3O[C@]4(C)CCC1[C@@]23OO4. The van der Waals surface area contributed by atoms with Crippen LogP contribution in [0, 0.1) is 35.0 Å². The molecule has 5 aliphatic rings. The molecular weight excluding hydrogens is 450 g/mol. The van der Waals surface area contributed by atoms with Crippen molar-refractivity contribution in [2.75, 3.05) is 0 Å². The van der Waals surface area contributed by atoms with Gasteiger partial charge in [0.15, 0.2) is 24.3 Å². The van der Waals surface area contributed by atoms with E-state index in [1.54, 1.807) is 0 Å². The predicted molar refractivity (Wildman–Crippen MR) is 110 cm³/mol. The van der Waals surface area contributed by atoms with E-state index in [0.717, 1.165) is 35.7 Å². The molecule has 6 rings (SSSR count). The van der Waals surface area contributed by atoms with Gasteiger partial charge in [0.25, 0.3) is 0 Å². The first-order valence-corrected chi connectivity index (χ1v) is 11.7. The number of hydrogen-bond acceptors (Lipinski definition) is 6. The smallest absolute Gasteiger partial charge is 0.201 e. The van der Waals surface area contributed by atoms with E-state index < -0.39 is 30.1 Å². The highest BCUT2D eigenvalue weighted by Gasteiger charge is 2.69. The molecule has 1 aromatic rings. The van der Waals surface area contributed by atoms with E-state index >= 15 is 0 Å². The number of halogens is 1. The molecule has 9 atom stereocenters. The number of nitriles is 1. The van der Waals surface area contributed by atoms with Crippen molar-refractivity contribution in [3.8, 4) is 6.07 Å². The third-order valence-corrected chi connectivity index (χ3v) is 8.19. The first kappa shape index (κ1) is 20.9. The van der Waals surface area contributed by atoms with Crippen molar-refractivity contribution < 1.29 is 24.0 Å². The van der Waals surface area contributed by atoms with E-state index in [-0.39, 0.29) is 11.8 Å². The molecule has 0 radical (unpaired) electrons. The molecule has 7 heteroatoms. The summed E-state index contributed by atoms with van der Waals surface area (Å²) >= 11 is 3.44. The van der Waals surface area contributed by atoms with Crippen LogP contribution < -0.4 is 0 Å². The highest BCUT2D eigenvalue weighted by Crippen LogP contribution is 2.60. The Morgan fingerprint density at radius 2 is 1.90 bits per heavy atom. The van der Waals surface area contributed by atoms with Crippen LogP contribution in [0.2, 0.25) is 0 Å². The van der Waals surface area contributed by atoms with Crippen LogP contribution in [0.1, 0.15) is 58.1 Å². The Morgan fingerprint density at radius 1 is 1.13 bits per heavy atom. The summed E-state index contributed by atoms with van der Waals surface area (Å²) in [6, 6.07) is 9.90. The topological polar surface area (TPSA) is 69.9 Å². The molecule has 0 aromatic heterocycles. The largest absolute Gasteiger partial charge is 0.329 e. The first-order chi connectivity index (χ1) is 14.4. The minimum Gasteiger partial charge on any atom is -0.329 e. The van der Waals surface area contributed by atoms with Gasteiger partial charge in [0, 0.05) is 22.7 Å².